The molecule has 1 saturated heterocycles. The number of benzene rings is 1. The number of aromatic nitrogens is 3. The summed E-state index contributed by atoms with van der Waals surface area (Å²) in [6.07, 6.45) is -9.34. The van der Waals surface area contributed by atoms with Crippen LogP contribution in [-0.4, -0.2) is 70.0 Å². The van der Waals surface area contributed by atoms with E-state index in [1.54, 1.807) is 0 Å². The maximum atomic E-state index is 14.1. The molecule has 3 unspecified atom stereocenters. The van der Waals surface area contributed by atoms with Gasteiger partial charge in [-0.1, -0.05) is 6.07 Å². The summed E-state index contributed by atoms with van der Waals surface area (Å²) in [5.41, 5.74) is -1.00. The van der Waals surface area contributed by atoms with Gasteiger partial charge in [0.1, 0.15) is 5.52 Å². The lowest BCUT2D eigenvalue weighted by molar-refractivity contribution is -0.184. The zero-order valence-electron chi connectivity index (χ0n) is 27.9. The first-order chi connectivity index (χ1) is 24.0. The van der Waals surface area contributed by atoms with Crippen molar-refractivity contribution in [2.75, 3.05) is 25.5 Å². The zero-order chi connectivity index (χ0) is 36.8. The van der Waals surface area contributed by atoms with Crippen LogP contribution in [0.3, 0.4) is 0 Å². The van der Waals surface area contributed by atoms with Crippen molar-refractivity contribution in [2.45, 2.75) is 76.3 Å². The van der Waals surface area contributed by atoms with Gasteiger partial charge in [0.15, 0.2) is 18.0 Å². The van der Waals surface area contributed by atoms with Gasteiger partial charge >= 0.3 is 12.4 Å². The molecule has 3 aromatic rings. The van der Waals surface area contributed by atoms with Gasteiger partial charge in [0.2, 0.25) is 17.7 Å². The molecule has 6 rings (SSSR count). The van der Waals surface area contributed by atoms with Crippen LogP contribution in [0.4, 0.5) is 46.8 Å². The summed E-state index contributed by atoms with van der Waals surface area (Å²) in [7, 11) is 3.26. The van der Waals surface area contributed by atoms with E-state index in [1.807, 2.05) is 11.9 Å². The highest BCUT2D eigenvalue weighted by atomic mass is 19.4. The SMILES string of the molecule is CN1CCCC1C(=O)NCc1ccc(C(F)(F)F)c(Nc2nc3cc(C(=O)C4CC4C4CCC(C(F)(F)F)CC4)c(OCC(F)F)nc3n2C)c1. The summed E-state index contributed by atoms with van der Waals surface area (Å²) in [6.45, 7) is -0.333. The van der Waals surface area contributed by atoms with Crippen molar-refractivity contribution in [1.29, 1.82) is 0 Å². The lowest BCUT2D eigenvalue weighted by Gasteiger charge is -2.30. The predicted octanol–water partition coefficient (Wildman–Crippen LogP) is 7.27. The van der Waals surface area contributed by atoms with Gasteiger partial charge in [0, 0.05) is 19.5 Å². The second-order valence-electron chi connectivity index (χ2n) is 13.8. The number of Topliss-reactive ketones (excluding diaryl/α,β-unsaturated/α-hetero) is 1. The standard InChI is InChI=1S/C34H38F8N6O3/c1-47-11-3-4-26(47)30(50)43-15-17-5-10-23(34(40,41)42)24(12-17)44-32-45-25-14-22(31(51-16-27(35)36)46-29(25)48(32)2)28(49)21-13-20(21)18-6-8-19(9-7-18)33(37,38)39/h5,10,12,14,18-21,26-27H,3-4,6-9,11,13,15-16H2,1-2H3,(H,43,50)(H,44,45). The Morgan fingerprint density at radius 1 is 1.00 bits per heavy atom. The van der Waals surface area contributed by atoms with Crippen LogP contribution >= 0.6 is 0 Å². The van der Waals surface area contributed by atoms with Gasteiger partial charge < -0.3 is 15.4 Å². The number of ether oxygens (including phenoxy) is 1. The van der Waals surface area contributed by atoms with E-state index in [0.717, 1.165) is 19.0 Å². The number of aryl methyl sites for hydroxylation is 1. The number of anilines is 2. The number of alkyl halides is 8. The van der Waals surface area contributed by atoms with E-state index in [-0.39, 0.29) is 71.5 Å². The molecule has 2 aliphatic carbocycles. The predicted molar refractivity (Wildman–Crippen MR) is 170 cm³/mol. The molecule has 2 saturated carbocycles. The molecule has 2 aromatic heterocycles. The number of nitrogens with zero attached hydrogens (tertiary/aromatic N) is 4. The first kappa shape index (κ1) is 36.8. The Labute approximate surface area is 288 Å². The van der Waals surface area contributed by atoms with Gasteiger partial charge in [0.05, 0.1) is 28.8 Å². The minimum Gasteiger partial charge on any atom is -0.471 e. The second kappa shape index (κ2) is 14.2. The van der Waals surface area contributed by atoms with Crippen LogP contribution in [0.1, 0.15) is 66.4 Å². The van der Waals surface area contributed by atoms with Crippen LogP contribution in [0, 0.1) is 23.7 Å². The number of fused-ring (bicyclic) bond motifs is 1. The van der Waals surface area contributed by atoms with E-state index in [4.69, 9.17) is 4.74 Å². The third-order valence-corrected chi connectivity index (χ3v) is 10.4. The third kappa shape index (κ3) is 8.07. The summed E-state index contributed by atoms with van der Waals surface area (Å²) in [6, 6.07) is 4.38. The number of halogens is 8. The first-order valence-electron chi connectivity index (χ1n) is 16.9. The number of rotatable bonds is 11. The summed E-state index contributed by atoms with van der Waals surface area (Å²) >= 11 is 0. The summed E-state index contributed by atoms with van der Waals surface area (Å²) in [5.74, 6) is -3.36. The van der Waals surface area contributed by atoms with E-state index in [0.29, 0.717) is 31.2 Å². The number of hydrogen-bond acceptors (Lipinski definition) is 7. The molecule has 3 aliphatic rings. The van der Waals surface area contributed by atoms with Gasteiger partial charge in [-0.3, -0.25) is 19.1 Å². The Kier molecular flexibility index (Phi) is 10.2. The summed E-state index contributed by atoms with van der Waals surface area (Å²) < 4.78 is 115. The fourth-order valence-electron chi connectivity index (χ4n) is 7.47. The van der Waals surface area contributed by atoms with Crippen molar-refractivity contribution in [3.05, 3.63) is 41.0 Å². The molecule has 1 aliphatic heterocycles. The number of pyridine rings is 1. The van der Waals surface area contributed by atoms with Crippen LogP contribution < -0.4 is 15.4 Å². The minimum absolute atomic E-state index is 0.0167. The molecule has 51 heavy (non-hydrogen) atoms. The smallest absolute Gasteiger partial charge is 0.418 e. The van der Waals surface area contributed by atoms with Gasteiger partial charge in [-0.05, 0) is 94.1 Å². The number of amides is 1. The Bertz CT molecular complexity index is 1770. The lowest BCUT2D eigenvalue weighted by atomic mass is 9.78. The van der Waals surface area contributed by atoms with Gasteiger partial charge in [-0.2, -0.15) is 31.3 Å². The van der Waals surface area contributed by atoms with E-state index in [9.17, 15) is 44.7 Å². The molecule has 2 N–H and O–H groups in total. The Morgan fingerprint density at radius 2 is 1.73 bits per heavy atom. The number of carbonyl (C=O) groups is 2. The van der Waals surface area contributed by atoms with Crippen molar-refractivity contribution in [3.63, 3.8) is 0 Å². The van der Waals surface area contributed by atoms with Crippen molar-refractivity contribution < 1.29 is 49.4 Å². The van der Waals surface area contributed by atoms with Gasteiger partial charge in [-0.25, -0.2) is 13.8 Å². The van der Waals surface area contributed by atoms with Crippen molar-refractivity contribution in [1.82, 2.24) is 24.8 Å². The summed E-state index contributed by atoms with van der Waals surface area (Å²) in [4.78, 5) is 36.9. The highest BCUT2D eigenvalue weighted by molar-refractivity contribution is 6.03. The normalized spacial score (nSPS) is 24.3. The van der Waals surface area contributed by atoms with Crippen molar-refractivity contribution in [3.8, 4) is 5.88 Å². The molecule has 1 amide bonds. The van der Waals surface area contributed by atoms with Crippen molar-refractivity contribution in [2.24, 2.45) is 30.7 Å². The molecule has 9 nitrogen and oxygen atoms in total. The quantitative estimate of drug-likeness (QED) is 0.158. The second-order valence-corrected chi connectivity index (χ2v) is 13.8. The highest BCUT2D eigenvalue weighted by Gasteiger charge is 2.51. The average molecular weight is 731 g/mol. The largest absolute Gasteiger partial charge is 0.471 e. The Hall–Kier alpha value is -4.02. The number of likely N-dealkylation sites (N-methyl/N-ethyl adjacent to an activating group) is 1. The van der Waals surface area contributed by atoms with E-state index in [1.165, 1.54) is 29.8 Å². The molecule has 1 aromatic carbocycles. The highest BCUT2D eigenvalue weighted by Crippen LogP contribution is 2.53. The maximum Gasteiger partial charge on any atom is 0.418 e. The van der Waals surface area contributed by atoms with E-state index >= 15 is 0 Å². The zero-order valence-corrected chi connectivity index (χ0v) is 27.9. The molecule has 278 valence electrons. The Morgan fingerprint density at radius 3 is 2.35 bits per heavy atom. The maximum absolute atomic E-state index is 14.1. The molecular weight excluding hydrogens is 692 g/mol. The molecule has 0 spiro atoms. The molecule has 3 fully saturated rings. The molecule has 0 bridgehead atoms. The average Bonchev–Trinajstić information content (AvgIpc) is 3.67. The number of hydrogen-bond donors (Lipinski definition) is 2. The lowest BCUT2D eigenvalue weighted by Crippen LogP contribution is -2.41. The summed E-state index contributed by atoms with van der Waals surface area (Å²) in [5, 5.41) is 5.47. The van der Waals surface area contributed by atoms with Crippen molar-refractivity contribution >= 4 is 34.5 Å². The molecule has 0 radical (unpaired) electrons. The minimum atomic E-state index is -4.76. The topological polar surface area (TPSA) is 101 Å². The van der Waals surface area contributed by atoms with Gasteiger partial charge in [0.25, 0.3) is 6.43 Å². The van der Waals surface area contributed by atoms with E-state index in [2.05, 4.69) is 20.6 Å². The number of ketones is 1. The van der Waals surface area contributed by atoms with Gasteiger partial charge in [-0.15, -0.1) is 0 Å². The van der Waals surface area contributed by atoms with Crippen LogP contribution in [0.2, 0.25) is 0 Å². The molecule has 3 atom stereocenters. The first-order valence-corrected chi connectivity index (χ1v) is 16.9. The molecular formula is C34H38F8N6O3. The van der Waals surface area contributed by atoms with Crippen LogP contribution in [0.25, 0.3) is 11.2 Å². The number of carbonyl (C=O) groups excluding carboxylic acids is 2. The van der Waals surface area contributed by atoms with Crippen LogP contribution in [0.5, 0.6) is 5.88 Å². The van der Waals surface area contributed by atoms with Crippen LogP contribution in [-0.2, 0) is 24.6 Å². The molecule has 3 heterocycles. The number of imidazole rings is 1. The fraction of sp³-hybridized carbons (Fsp3) is 0.588. The monoisotopic (exact) mass is 730 g/mol. The fourth-order valence-corrected chi connectivity index (χ4v) is 7.47. The van der Waals surface area contributed by atoms with E-state index < -0.39 is 54.4 Å². The third-order valence-electron chi connectivity index (χ3n) is 10.4. The Balaban J connectivity index is 1.24. The van der Waals surface area contributed by atoms with Crippen LogP contribution in [0.15, 0.2) is 24.3 Å². The number of nitrogens with one attached hydrogen (secondary N) is 2. The number of likely N-dealkylation sites (tertiary alicyclic amines) is 1. The molecule has 17 heteroatoms.